The summed E-state index contributed by atoms with van der Waals surface area (Å²) in [6, 6.07) is 8.87. The summed E-state index contributed by atoms with van der Waals surface area (Å²) < 4.78 is 78.6. The van der Waals surface area contributed by atoms with Gasteiger partial charge in [0, 0.05) is 12.1 Å². The van der Waals surface area contributed by atoms with Crippen LogP contribution in [0.15, 0.2) is 47.4 Å². The number of sulfonamides is 1. The summed E-state index contributed by atoms with van der Waals surface area (Å²) >= 11 is 0. The van der Waals surface area contributed by atoms with E-state index in [2.05, 4.69) is 4.72 Å². The van der Waals surface area contributed by atoms with Crippen LogP contribution >= 0.6 is 0 Å². The van der Waals surface area contributed by atoms with Crippen molar-refractivity contribution >= 4 is 10.0 Å². The maximum absolute atomic E-state index is 13.9. The molecule has 8 heteroatoms. The van der Waals surface area contributed by atoms with Gasteiger partial charge in [-0.25, -0.2) is 17.5 Å². The number of hydrogen-bond donors (Lipinski definition) is 1. The summed E-state index contributed by atoms with van der Waals surface area (Å²) in [5, 5.41) is 0. The van der Waals surface area contributed by atoms with Gasteiger partial charge in [-0.05, 0) is 29.7 Å². The summed E-state index contributed by atoms with van der Waals surface area (Å²) in [4.78, 5) is -0.0377. The third-order valence-corrected chi connectivity index (χ3v) is 5.11. The molecular formula is C17H17F4NO2S. The average molecular weight is 375 g/mol. The maximum Gasteiger partial charge on any atom is 0.419 e. The average Bonchev–Trinajstić information content (AvgIpc) is 2.53. The smallest absolute Gasteiger partial charge is 0.207 e. The molecule has 3 nitrogen and oxygen atoms in total. The van der Waals surface area contributed by atoms with Gasteiger partial charge in [-0.15, -0.1) is 0 Å². The topological polar surface area (TPSA) is 46.2 Å². The van der Waals surface area contributed by atoms with Crippen molar-refractivity contribution in [2.24, 2.45) is 0 Å². The Labute approximate surface area is 143 Å². The fraction of sp³-hybridized carbons (Fsp3) is 0.294. The van der Waals surface area contributed by atoms with Gasteiger partial charge in [0.25, 0.3) is 0 Å². The zero-order chi connectivity index (χ0) is 18.8. The summed E-state index contributed by atoms with van der Waals surface area (Å²) in [6.45, 7) is 3.33. The highest BCUT2D eigenvalue weighted by atomic mass is 32.2. The van der Waals surface area contributed by atoms with Crippen LogP contribution in [0.3, 0.4) is 0 Å². The Morgan fingerprint density at radius 1 is 1.04 bits per heavy atom. The van der Waals surface area contributed by atoms with Crippen LogP contribution in [0.2, 0.25) is 0 Å². The van der Waals surface area contributed by atoms with Crippen molar-refractivity contribution in [3.8, 4) is 0 Å². The van der Waals surface area contributed by atoms with Crippen LogP contribution in [-0.4, -0.2) is 8.42 Å². The lowest BCUT2D eigenvalue weighted by Gasteiger charge is -2.12. The van der Waals surface area contributed by atoms with Crippen LogP contribution in [0.1, 0.15) is 36.5 Å². The molecule has 0 atom stereocenters. The molecule has 0 saturated heterocycles. The van der Waals surface area contributed by atoms with E-state index in [0.29, 0.717) is 6.07 Å². The van der Waals surface area contributed by atoms with Gasteiger partial charge in [0.05, 0.1) is 10.5 Å². The van der Waals surface area contributed by atoms with Gasteiger partial charge in [-0.1, -0.05) is 38.1 Å². The van der Waals surface area contributed by atoms with E-state index in [1.807, 2.05) is 13.8 Å². The lowest BCUT2D eigenvalue weighted by molar-refractivity contribution is -0.140. The molecule has 25 heavy (non-hydrogen) atoms. The standard InChI is InChI=1S/C17H17F4NO2S/c1-11(2)12-6-8-14(9-7-12)25(23,24)22-10-13-4-3-5-15(16(13)18)17(19,20)21/h3-9,11,22H,10H2,1-2H3. The van der Waals surface area contributed by atoms with Gasteiger partial charge in [-0.3, -0.25) is 0 Å². The summed E-state index contributed by atoms with van der Waals surface area (Å²) in [6.07, 6.45) is -4.84. The van der Waals surface area contributed by atoms with Crippen molar-refractivity contribution in [1.82, 2.24) is 4.72 Å². The van der Waals surface area contributed by atoms with Gasteiger partial charge < -0.3 is 0 Å². The second kappa shape index (κ2) is 7.13. The number of hydrogen-bond acceptors (Lipinski definition) is 2. The lowest BCUT2D eigenvalue weighted by Crippen LogP contribution is -2.24. The van der Waals surface area contributed by atoms with Crippen molar-refractivity contribution in [2.75, 3.05) is 0 Å². The summed E-state index contributed by atoms with van der Waals surface area (Å²) in [7, 11) is -3.96. The molecule has 0 aliphatic carbocycles. The number of halogens is 4. The molecule has 0 radical (unpaired) electrons. The predicted molar refractivity (Wildman–Crippen MR) is 86.0 cm³/mol. The third-order valence-electron chi connectivity index (χ3n) is 3.69. The van der Waals surface area contributed by atoms with Gasteiger partial charge in [0.2, 0.25) is 10.0 Å². The molecule has 1 N–H and O–H groups in total. The van der Waals surface area contributed by atoms with Gasteiger partial charge in [0.1, 0.15) is 5.82 Å². The number of rotatable bonds is 5. The zero-order valence-corrected chi connectivity index (χ0v) is 14.4. The van der Waals surface area contributed by atoms with E-state index < -0.39 is 34.1 Å². The van der Waals surface area contributed by atoms with Crippen LogP contribution in [0.4, 0.5) is 17.6 Å². The Bertz CT molecular complexity index is 844. The van der Waals surface area contributed by atoms with Crippen molar-refractivity contribution in [1.29, 1.82) is 0 Å². The first-order valence-electron chi connectivity index (χ1n) is 7.46. The van der Waals surface area contributed by atoms with E-state index in [9.17, 15) is 26.0 Å². The number of nitrogens with one attached hydrogen (secondary N) is 1. The highest BCUT2D eigenvalue weighted by Crippen LogP contribution is 2.32. The molecule has 136 valence electrons. The summed E-state index contributed by atoms with van der Waals surface area (Å²) in [5.74, 6) is -1.25. The molecule has 2 rings (SSSR count). The molecule has 0 heterocycles. The fourth-order valence-corrected chi connectivity index (χ4v) is 3.23. The van der Waals surface area contributed by atoms with Crippen molar-refractivity contribution in [3.05, 3.63) is 65.0 Å². The van der Waals surface area contributed by atoms with Gasteiger partial charge in [0.15, 0.2) is 0 Å². The Hall–Kier alpha value is -1.93. The second-order valence-corrected chi connectivity index (χ2v) is 7.59. The monoisotopic (exact) mass is 375 g/mol. The van der Waals surface area contributed by atoms with Crippen molar-refractivity contribution in [3.63, 3.8) is 0 Å². The quantitative estimate of drug-likeness (QED) is 0.785. The van der Waals surface area contributed by atoms with E-state index in [1.54, 1.807) is 12.1 Å². The largest absolute Gasteiger partial charge is 0.419 e. The van der Waals surface area contributed by atoms with E-state index in [4.69, 9.17) is 0 Å². The fourth-order valence-electron chi connectivity index (χ4n) is 2.22. The van der Waals surface area contributed by atoms with E-state index in [-0.39, 0.29) is 16.4 Å². The van der Waals surface area contributed by atoms with Crippen LogP contribution in [0.25, 0.3) is 0 Å². The first kappa shape index (κ1) is 19.4. The molecule has 2 aromatic carbocycles. The minimum atomic E-state index is -4.84. The molecule has 0 unspecified atom stereocenters. The minimum Gasteiger partial charge on any atom is -0.207 e. The normalized spacial score (nSPS) is 12.6. The molecule has 0 saturated carbocycles. The predicted octanol–water partition coefficient (Wildman–Crippen LogP) is 4.45. The SMILES string of the molecule is CC(C)c1ccc(S(=O)(=O)NCc2cccc(C(F)(F)F)c2F)cc1. The Morgan fingerprint density at radius 3 is 2.16 bits per heavy atom. The minimum absolute atomic E-state index is 0.0377. The summed E-state index contributed by atoms with van der Waals surface area (Å²) in [5.41, 5.74) is -0.856. The highest BCUT2D eigenvalue weighted by Gasteiger charge is 2.34. The molecule has 0 aromatic heterocycles. The van der Waals surface area contributed by atoms with E-state index in [0.717, 1.165) is 17.7 Å². The Kier molecular flexibility index (Phi) is 5.53. The van der Waals surface area contributed by atoms with Gasteiger partial charge >= 0.3 is 6.18 Å². The molecule has 0 bridgehead atoms. The zero-order valence-electron chi connectivity index (χ0n) is 13.6. The van der Waals surface area contributed by atoms with Crippen LogP contribution in [0, 0.1) is 5.82 Å². The lowest BCUT2D eigenvalue weighted by atomic mass is 10.0. The second-order valence-electron chi connectivity index (χ2n) is 5.82. The first-order valence-corrected chi connectivity index (χ1v) is 8.95. The molecular weight excluding hydrogens is 358 g/mol. The van der Waals surface area contributed by atoms with Crippen LogP contribution in [0.5, 0.6) is 0 Å². The molecule has 0 amide bonds. The van der Waals surface area contributed by atoms with Gasteiger partial charge in [-0.2, -0.15) is 13.2 Å². The third kappa shape index (κ3) is 4.58. The molecule has 0 fully saturated rings. The van der Waals surface area contributed by atoms with Crippen molar-refractivity contribution in [2.45, 2.75) is 37.4 Å². The van der Waals surface area contributed by atoms with E-state index >= 15 is 0 Å². The Morgan fingerprint density at radius 2 is 1.64 bits per heavy atom. The molecule has 2 aromatic rings. The molecule has 0 aliphatic heterocycles. The van der Waals surface area contributed by atoms with Crippen LogP contribution in [-0.2, 0) is 22.7 Å². The highest BCUT2D eigenvalue weighted by molar-refractivity contribution is 7.89. The van der Waals surface area contributed by atoms with Crippen LogP contribution < -0.4 is 4.72 Å². The van der Waals surface area contributed by atoms with Crippen molar-refractivity contribution < 1.29 is 26.0 Å². The molecule has 0 aliphatic rings. The maximum atomic E-state index is 13.9. The van der Waals surface area contributed by atoms with E-state index in [1.165, 1.54) is 12.1 Å². The first-order chi connectivity index (χ1) is 11.5. The molecule has 0 spiro atoms. The Balaban J connectivity index is 2.20. The number of alkyl halides is 3. The number of benzene rings is 2.